The fourth-order valence-electron chi connectivity index (χ4n) is 2.19. The van der Waals surface area contributed by atoms with E-state index in [-0.39, 0.29) is 11.4 Å². The number of aryl methyl sites for hydroxylation is 1. The topological polar surface area (TPSA) is 34.9 Å². The van der Waals surface area contributed by atoms with Gasteiger partial charge in [-0.25, -0.2) is 9.37 Å². The van der Waals surface area contributed by atoms with Crippen LogP contribution in [0.3, 0.4) is 0 Å². The van der Waals surface area contributed by atoms with Gasteiger partial charge in [-0.1, -0.05) is 45.4 Å². The molecule has 128 valence electrons. The molecule has 0 spiro atoms. The molecule has 0 atom stereocenters. The van der Waals surface area contributed by atoms with E-state index in [0.717, 1.165) is 0 Å². The van der Waals surface area contributed by atoms with Crippen LogP contribution in [0.15, 0.2) is 47.3 Å². The van der Waals surface area contributed by atoms with Crippen molar-refractivity contribution < 1.29 is 4.39 Å². The first-order valence-corrected chi connectivity index (χ1v) is 8.39. The van der Waals surface area contributed by atoms with Gasteiger partial charge in [0.25, 0.3) is 5.56 Å². The van der Waals surface area contributed by atoms with Crippen molar-refractivity contribution in [3.8, 4) is 5.69 Å². The van der Waals surface area contributed by atoms with E-state index in [1.165, 1.54) is 28.8 Å². The minimum Gasteiger partial charge on any atom is -0.268 e. The molecule has 3 rings (SSSR count). The molecule has 0 aliphatic rings. The molecule has 5 heteroatoms. The summed E-state index contributed by atoms with van der Waals surface area (Å²) in [6, 6.07) is 10.8. The number of rotatable bonds is 1. The maximum Gasteiger partial charge on any atom is 0.267 e. The summed E-state index contributed by atoms with van der Waals surface area (Å²) in [5.41, 5.74) is 0.853. The van der Waals surface area contributed by atoms with Crippen LogP contribution >= 0.6 is 11.6 Å². The minimum atomic E-state index is -0.355. The highest BCUT2D eigenvalue weighted by molar-refractivity contribution is 6.35. The van der Waals surface area contributed by atoms with Crippen molar-refractivity contribution in [2.45, 2.75) is 34.6 Å². The highest BCUT2D eigenvalue weighted by Crippen LogP contribution is 2.20. The summed E-state index contributed by atoms with van der Waals surface area (Å²) in [4.78, 5) is 17.0. The number of hydrogen-bond acceptors (Lipinski definition) is 2. The predicted octanol–water partition coefficient (Wildman–Crippen LogP) is 5.54. The first-order valence-electron chi connectivity index (χ1n) is 8.02. The number of benzene rings is 2. The number of nitrogens with zero attached hydrogens (tertiary/aromatic N) is 2. The van der Waals surface area contributed by atoms with Gasteiger partial charge in [-0.05, 0) is 43.3 Å². The number of hydrogen-bond donors (Lipinski definition) is 0. The van der Waals surface area contributed by atoms with Crippen LogP contribution in [-0.2, 0) is 0 Å². The van der Waals surface area contributed by atoms with Gasteiger partial charge in [0.05, 0.1) is 21.6 Å². The standard InChI is InChI=1S/C15H10ClFN2O.2C2H6/c1-9-18-13-4-2-3-12(16)14(13)15(20)19(9)11-7-5-10(17)6-8-11;2*1-2/h2-8H,1H3;2*1-2H3. The van der Waals surface area contributed by atoms with Gasteiger partial charge >= 0.3 is 0 Å². The van der Waals surface area contributed by atoms with Gasteiger partial charge < -0.3 is 0 Å². The highest BCUT2D eigenvalue weighted by Gasteiger charge is 2.12. The smallest absolute Gasteiger partial charge is 0.267 e. The molecule has 0 aliphatic carbocycles. The van der Waals surface area contributed by atoms with Crippen LogP contribution < -0.4 is 5.56 Å². The number of fused-ring (bicyclic) bond motifs is 1. The Hall–Kier alpha value is -2.20. The summed E-state index contributed by atoms with van der Waals surface area (Å²) in [6.07, 6.45) is 0. The Morgan fingerprint density at radius 2 is 1.58 bits per heavy atom. The van der Waals surface area contributed by atoms with Gasteiger partial charge in [-0.3, -0.25) is 9.36 Å². The molecule has 3 aromatic rings. The lowest BCUT2D eigenvalue weighted by atomic mass is 10.2. The Morgan fingerprint density at radius 3 is 2.17 bits per heavy atom. The Kier molecular flexibility index (Phi) is 7.59. The van der Waals surface area contributed by atoms with E-state index in [1.54, 1.807) is 25.1 Å². The Labute approximate surface area is 146 Å². The van der Waals surface area contributed by atoms with Crippen molar-refractivity contribution in [3.05, 3.63) is 69.5 Å². The zero-order valence-corrected chi connectivity index (χ0v) is 15.4. The summed E-state index contributed by atoms with van der Waals surface area (Å²) < 4.78 is 14.4. The minimum absolute atomic E-state index is 0.260. The van der Waals surface area contributed by atoms with E-state index in [0.29, 0.717) is 27.4 Å². The molecule has 0 amide bonds. The Balaban J connectivity index is 0.000000671. The van der Waals surface area contributed by atoms with E-state index in [4.69, 9.17) is 11.6 Å². The van der Waals surface area contributed by atoms with E-state index in [2.05, 4.69) is 4.98 Å². The Bertz CT molecular complexity index is 858. The first-order chi connectivity index (χ1) is 11.6. The molecule has 0 saturated heterocycles. The first kappa shape index (κ1) is 19.8. The molecule has 0 N–H and O–H groups in total. The van der Waals surface area contributed by atoms with Crippen LogP contribution in [0.25, 0.3) is 16.6 Å². The van der Waals surface area contributed by atoms with Crippen molar-refractivity contribution in [1.82, 2.24) is 9.55 Å². The normalized spacial score (nSPS) is 9.62. The van der Waals surface area contributed by atoms with Gasteiger partial charge in [0.2, 0.25) is 0 Å². The lowest BCUT2D eigenvalue weighted by Crippen LogP contribution is -2.22. The van der Waals surface area contributed by atoms with Crippen molar-refractivity contribution in [3.63, 3.8) is 0 Å². The van der Waals surface area contributed by atoms with Crippen LogP contribution in [0, 0.1) is 12.7 Å². The third-order valence-electron chi connectivity index (χ3n) is 3.10. The van der Waals surface area contributed by atoms with Crippen LogP contribution in [0.4, 0.5) is 4.39 Å². The van der Waals surface area contributed by atoms with E-state index >= 15 is 0 Å². The van der Waals surface area contributed by atoms with Crippen molar-refractivity contribution in [1.29, 1.82) is 0 Å². The van der Waals surface area contributed by atoms with E-state index in [9.17, 15) is 9.18 Å². The third kappa shape index (κ3) is 4.01. The maximum atomic E-state index is 13.0. The molecule has 0 radical (unpaired) electrons. The SMILES string of the molecule is CC.CC.Cc1nc2cccc(Cl)c2c(=O)n1-c1ccc(F)cc1. The van der Waals surface area contributed by atoms with Crippen molar-refractivity contribution in [2.24, 2.45) is 0 Å². The lowest BCUT2D eigenvalue weighted by Gasteiger charge is -2.11. The molecule has 0 saturated carbocycles. The van der Waals surface area contributed by atoms with Crippen LogP contribution in [-0.4, -0.2) is 9.55 Å². The zero-order chi connectivity index (χ0) is 18.3. The monoisotopic (exact) mass is 348 g/mol. The van der Waals surface area contributed by atoms with Crippen molar-refractivity contribution >= 4 is 22.5 Å². The molecule has 0 bridgehead atoms. The number of halogens is 2. The maximum absolute atomic E-state index is 13.0. The van der Waals surface area contributed by atoms with Crippen LogP contribution in [0.1, 0.15) is 33.5 Å². The van der Waals surface area contributed by atoms with E-state index < -0.39 is 0 Å². The summed E-state index contributed by atoms with van der Waals surface area (Å²) in [7, 11) is 0. The molecule has 0 aliphatic heterocycles. The predicted molar refractivity (Wildman–Crippen MR) is 99.7 cm³/mol. The largest absolute Gasteiger partial charge is 0.268 e. The highest BCUT2D eigenvalue weighted by atomic mass is 35.5. The van der Waals surface area contributed by atoms with Crippen LogP contribution in [0.2, 0.25) is 5.02 Å². The summed E-state index contributed by atoms with van der Waals surface area (Å²) in [6.45, 7) is 9.73. The molecule has 24 heavy (non-hydrogen) atoms. The molecular weight excluding hydrogens is 327 g/mol. The summed E-state index contributed by atoms with van der Waals surface area (Å²) in [5.74, 6) is 0.169. The van der Waals surface area contributed by atoms with Gasteiger partial charge in [0.1, 0.15) is 11.6 Å². The molecule has 1 heterocycles. The quantitative estimate of drug-likeness (QED) is 0.578. The van der Waals surface area contributed by atoms with Crippen molar-refractivity contribution in [2.75, 3.05) is 0 Å². The average Bonchev–Trinajstić information content (AvgIpc) is 2.60. The fourth-order valence-corrected chi connectivity index (χ4v) is 2.45. The lowest BCUT2D eigenvalue weighted by molar-refractivity contribution is 0.627. The zero-order valence-electron chi connectivity index (χ0n) is 14.6. The summed E-state index contributed by atoms with van der Waals surface area (Å²) >= 11 is 6.09. The third-order valence-corrected chi connectivity index (χ3v) is 3.41. The van der Waals surface area contributed by atoms with Gasteiger partial charge in [-0.15, -0.1) is 0 Å². The second-order valence-electron chi connectivity index (χ2n) is 4.41. The second-order valence-corrected chi connectivity index (χ2v) is 4.82. The Morgan fingerprint density at radius 1 is 1.00 bits per heavy atom. The molecule has 2 aromatic carbocycles. The fraction of sp³-hybridized carbons (Fsp3) is 0.263. The van der Waals surface area contributed by atoms with Gasteiger partial charge in [-0.2, -0.15) is 0 Å². The van der Waals surface area contributed by atoms with Gasteiger partial charge in [0.15, 0.2) is 0 Å². The molecule has 1 aromatic heterocycles. The molecule has 3 nitrogen and oxygen atoms in total. The molecule has 0 unspecified atom stereocenters. The number of aromatic nitrogens is 2. The molecule has 0 fully saturated rings. The van der Waals surface area contributed by atoms with E-state index in [1.807, 2.05) is 27.7 Å². The average molecular weight is 349 g/mol. The van der Waals surface area contributed by atoms with Crippen LogP contribution in [0.5, 0.6) is 0 Å². The second kappa shape index (κ2) is 9.18. The molecular formula is C19H22ClFN2O. The van der Waals surface area contributed by atoms with Gasteiger partial charge in [0, 0.05) is 0 Å². The summed E-state index contributed by atoms with van der Waals surface area (Å²) in [5, 5.41) is 0.722.